The smallest absolute Gasteiger partial charge is 0.341 e. The molecule has 4 heterocycles. The van der Waals surface area contributed by atoms with Crippen LogP contribution in [0, 0.1) is 4.77 Å². The molecule has 0 aliphatic carbocycles. The molecule has 3 aliphatic rings. The first-order valence-electron chi connectivity index (χ1n) is 10.5. The number of allylic oxidation sites excluding steroid dienone is 1. The van der Waals surface area contributed by atoms with Crippen molar-refractivity contribution < 1.29 is 19.1 Å². The summed E-state index contributed by atoms with van der Waals surface area (Å²) in [5.74, 6) is -1.74. The van der Waals surface area contributed by atoms with Crippen LogP contribution in [-0.4, -0.2) is 34.0 Å². The number of aromatic nitrogens is 2. The zero-order valence-electron chi connectivity index (χ0n) is 18.5. The Morgan fingerprint density at radius 3 is 2.70 bits per heavy atom. The number of amides is 1. The maximum absolute atomic E-state index is 14.5. The van der Waals surface area contributed by atoms with Gasteiger partial charge in [-0.25, -0.2) is 4.79 Å². The SMILES string of the molecule is CCOC(=O)C1=C(N)Oc2[nH]c(=S)[nH]c(=O)c2C12C(=O)N1c3c(cccc32)C(C)=CC1(C)C. The lowest BCUT2D eigenvalue weighted by Gasteiger charge is -2.40. The van der Waals surface area contributed by atoms with Crippen molar-refractivity contribution in [1.82, 2.24) is 9.97 Å². The quantitative estimate of drug-likeness (QED) is 0.458. The fraction of sp³-hybridized carbons (Fsp3) is 0.304. The number of nitrogens with zero attached hydrogens (tertiary/aromatic N) is 1. The Morgan fingerprint density at radius 2 is 2.00 bits per heavy atom. The summed E-state index contributed by atoms with van der Waals surface area (Å²) in [5.41, 5.74) is 5.53. The number of rotatable bonds is 2. The van der Waals surface area contributed by atoms with E-state index in [1.807, 2.05) is 32.9 Å². The van der Waals surface area contributed by atoms with Gasteiger partial charge < -0.3 is 25.1 Å². The molecule has 1 unspecified atom stereocenters. The van der Waals surface area contributed by atoms with Crippen LogP contribution in [0.5, 0.6) is 5.88 Å². The molecule has 5 rings (SSSR count). The molecular formula is C23H22N4O5S. The van der Waals surface area contributed by atoms with Crippen LogP contribution >= 0.6 is 12.2 Å². The molecular weight excluding hydrogens is 444 g/mol. The van der Waals surface area contributed by atoms with Crippen molar-refractivity contribution in [1.29, 1.82) is 0 Å². The number of nitrogens with two attached hydrogens (primary N) is 1. The van der Waals surface area contributed by atoms with Gasteiger partial charge in [-0.2, -0.15) is 0 Å². The maximum atomic E-state index is 14.5. The lowest BCUT2D eigenvalue weighted by molar-refractivity contribution is -0.141. The molecule has 1 atom stereocenters. The van der Waals surface area contributed by atoms with Gasteiger partial charge in [0, 0.05) is 11.1 Å². The van der Waals surface area contributed by atoms with Crippen LogP contribution in [0.3, 0.4) is 0 Å². The third-order valence-electron chi connectivity index (χ3n) is 6.35. The summed E-state index contributed by atoms with van der Waals surface area (Å²) >= 11 is 5.10. The summed E-state index contributed by atoms with van der Waals surface area (Å²) in [4.78, 5) is 48.0. The van der Waals surface area contributed by atoms with Gasteiger partial charge >= 0.3 is 5.97 Å². The molecule has 0 saturated heterocycles. The van der Waals surface area contributed by atoms with Crippen LogP contribution in [0.2, 0.25) is 0 Å². The minimum Gasteiger partial charge on any atom is -0.462 e. The number of nitrogens with one attached hydrogen (secondary N) is 2. The summed E-state index contributed by atoms with van der Waals surface area (Å²) in [6, 6.07) is 5.42. The fourth-order valence-corrected chi connectivity index (χ4v) is 5.49. The first-order chi connectivity index (χ1) is 15.6. The summed E-state index contributed by atoms with van der Waals surface area (Å²) in [6.45, 7) is 7.44. The molecule has 4 N–H and O–H groups in total. The molecule has 1 spiro atoms. The van der Waals surface area contributed by atoms with Gasteiger partial charge in [-0.05, 0) is 45.5 Å². The Kier molecular flexibility index (Phi) is 4.29. The Morgan fingerprint density at radius 1 is 1.27 bits per heavy atom. The lowest BCUT2D eigenvalue weighted by Crippen LogP contribution is -2.55. The second kappa shape index (κ2) is 6.67. The van der Waals surface area contributed by atoms with Gasteiger partial charge in [-0.3, -0.25) is 14.6 Å². The van der Waals surface area contributed by atoms with E-state index in [1.54, 1.807) is 24.0 Å². The first kappa shape index (κ1) is 21.2. The van der Waals surface area contributed by atoms with Crippen molar-refractivity contribution in [3.05, 3.63) is 67.5 Å². The average molecular weight is 467 g/mol. The average Bonchev–Trinajstić information content (AvgIpc) is 2.96. The van der Waals surface area contributed by atoms with E-state index < -0.39 is 28.4 Å². The molecule has 170 valence electrons. The Balaban J connectivity index is 1.99. The standard InChI is InChI=1S/C23H22N4O5S/c1-5-31-19(29)13-16(24)32-18-14(17(28)25-21(33)26-18)23(13)12-8-6-7-11-10(2)9-22(3,4)27(15(11)12)20(23)30/h6-9H,5,24H2,1-4H3,(H2,25,26,28,33). The fourth-order valence-electron chi connectivity index (χ4n) is 5.31. The molecule has 10 heteroatoms. The number of esters is 1. The van der Waals surface area contributed by atoms with Crippen LogP contribution in [0.15, 0.2) is 40.5 Å². The maximum Gasteiger partial charge on any atom is 0.341 e. The summed E-state index contributed by atoms with van der Waals surface area (Å²) in [5, 5.41) is 0. The number of aromatic amines is 2. The van der Waals surface area contributed by atoms with E-state index in [4.69, 9.17) is 27.4 Å². The molecule has 1 amide bonds. The van der Waals surface area contributed by atoms with Crippen molar-refractivity contribution >= 4 is 35.4 Å². The largest absolute Gasteiger partial charge is 0.462 e. The molecule has 2 aromatic rings. The van der Waals surface area contributed by atoms with E-state index in [9.17, 15) is 14.4 Å². The highest BCUT2D eigenvalue weighted by Gasteiger charge is 2.65. The summed E-state index contributed by atoms with van der Waals surface area (Å²) < 4.78 is 10.9. The molecule has 1 aromatic heterocycles. The number of H-pyrrole nitrogens is 2. The van der Waals surface area contributed by atoms with Gasteiger partial charge in [0.1, 0.15) is 16.6 Å². The van der Waals surface area contributed by atoms with Crippen LogP contribution in [-0.2, 0) is 19.7 Å². The Bertz CT molecular complexity index is 1450. The zero-order valence-corrected chi connectivity index (χ0v) is 19.3. The monoisotopic (exact) mass is 466 g/mol. The molecule has 1 aromatic carbocycles. The second-order valence-electron chi connectivity index (χ2n) is 8.75. The summed E-state index contributed by atoms with van der Waals surface area (Å²) in [6.07, 6.45) is 1.98. The number of hydrogen-bond donors (Lipinski definition) is 3. The van der Waals surface area contributed by atoms with Crippen molar-refractivity contribution in [2.24, 2.45) is 5.73 Å². The van der Waals surface area contributed by atoms with Crippen LogP contribution in [0.25, 0.3) is 5.57 Å². The highest BCUT2D eigenvalue weighted by molar-refractivity contribution is 7.71. The predicted octanol–water partition coefficient (Wildman–Crippen LogP) is 2.39. The second-order valence-corrected chi connectivity index (χ2v) is 9.16. The summed E-state index contributed by atoms with van der Waals surface area (Å²) in [7, 11) is 0. The number of hydrogen-bond acceptors (Lipinski definition) is 7. The van der Waals surface area contributed by atoms with Crippen LogP contribution < -0.4 is 20.9 Å². The van der Waals surface area contributed by atoms with E-state index in [-0.39, 0.29) is 34.3 Å². The number of carbonyl (C=O) groups is 2. The molecule has 9 nitrogen and oxygen atoms in total. The first-order valence-corrected chi connectivity index (χ1v) is 10.9. The molecule has 0 saturated carbocycles. The third kappa shape index (κ3) is 2.52. The van der Waals surface area contributed by atoms with E-state index in [0.29, 0.717) is 11.3 Å². The zero-order chi connectivity index (χ0) is 23.9. The van der Waals surface area contributed by atoms with Crippen molar-refractivity contribution in [3.63, 3.8) is 0 Å². The topological polar surface area (TPSA) is 131 Å². The van der Waals surface area contributed by atoms with Gasteiger partial charge in [0.15, 0.2) is 4.77 Å². The highest BCUT2D eigenvalue weighted by Crippen LogP contribution is 2.58. The van der Waals surface area contributed by atoms with Crippen molar-refractivity contribution in [3.8, 4) is 5.88 Å². The van der Waals surface area contributed by atoms with Gasteiger partial charge in [0.25, 0.3) is 5.56 Å². The van der Waals surface area contributed by atoms with Gasteiger partial charge in [-0.15, -0.1) is 0 Å². The minimum atomic E-state index is -1.88. The Labute approximate surface area is 193 Å². The third-order valence-corrected chi connectivity index (χ3v) is 6.56. The molecule has 0 fully saturated rings. The number of para-hydroxylation sites is 1. The highest BCUT2D eigenvalue weighted by atomic mass is 32.1. The Hall–Kier alpha value is -3.66. The molecule has 3 aliphatic heterocycles. The number of ether oxygens (including phenoxy) is 2. The van der Waals surface area contributed by atoms with Gasteiger partial charge in [0.05, 0.1) is 17.8 Å². The predicted molar refractivity (Wildman–Crippen MR) is 123 cm³/mol. The van der Waals surface area contributed by atoms with E-state index in [2.05, 4.69) is 9.97 Å². The molecule has 0 radical (unpaired) electrons. The number of anilines is 1. The van der Waals surface area contributed by atoms with E-state index >= 15 is 0 Å². The van der Waals surface area contributed by atoms with Crippen LogP contribution in [0.1, 0.15) is 44.4 Å². The van der Waals surface area contributed by atoms with Gasteiger partial charge in [-0.1, -0.05) is 24.3 Å². The number of fused-ring (bicyclic) bond motifs is 3. The number of carbonyl (C=O) groups excluding carboxylic acids is 2. The van der Waals surface area contributed by atoms with E-state index in [1.165, 1.54) is 0 Å². The number of benzene rings is 1. The van der Waals surface area contributed by atoms with Gasteiger partial charge in [0.2, 0.25) is 17.7 Å². The van der Waals surface area contributed by atoms with E-state index in [0.717, 1.165) is 11.1 Å². The minimum absolute atomic E-state index is 0.000261. The van der Waals surface area contributed by atoms with Crippen molar-refractivity contribution in [2.75, 3.05) is 11.5 Å². The van der Waals surface area contributed by atoms with Crippen LogP contribution in [0.4, 0.5) is 5.69 Å². The molecule has 0 bridgehead atoms. The normalized spacial score (nSPS) is 22.0. The lowest BCUT2D eigenvalue weighted by atomic mass is 9.69. The van der Waals surface area contributed by atoms with Crippen molar-refractivity contribution in [2.45, 2.75) is 38.6 Å². The molecule has 33 heavy (non-hydrogen) atoms.